The summed E-state index contributed by atoms with van der Waals surface area (Å²) < 4.78 is 9.90. The Kier molecular flexibility index (Phi) is 12.3. The second kappa shape index (κ2) is 12.3. The van der Waals surface area contributed by atoms with Crippen LogP contribution in [0.1, 0.15) is 47.5 Å². The Morgan fingerprint density at radius 2 is 1.74 bits per heavy atom. The van der Waals surface area contributed by atoms with Gasteiger partial charge in [0.2, 0.25) is 0 Å². The minimum Gasteiger partial charge on any atom is -0.463 e. The van der Waals surface area contributed by atoms with Crippen LogP contribution < -0.4 is 5.32 Å². The smallest absolute Gasteiger partial charge is 0.463 e. The van der Waals surface area contributed by atoms with Crippen molar-refractivity contribution >= 4 is 18.2 Å². The quantitative estimate of drug-likeness (QED) is 0.504. The molecule has 0 spiro atoms. The molecule has 0 aromatic heterocycles. The third-order valence-electron chi connectivity index (χ3n) is 2.07. The molecule has 0 rings (SSSR count). The number of nitrogens with one attached hydrogen (secondary N) is 1. The number of amides is 1. The second-order valence-electron chi connectivity index (χ2n) is 5.56. The van der Waals surface area contributed by atoms with E-state index >= 15 is 0 Å². The Labute approximate surface area is 136 Å². The van der Waals surface area contributed by atoms with Gasteiger partial charge in [-0.1, -0.05) is 6.08 Å². The average Bonchev–Trinajstić information content (AvgIpc) is 2.31. The molecule has 0 saturated heterocycles. The van der Waals surface area contributed by atoms with E-state index in [4.69, 9.17) is 24.5 Å². The van der Waals surface area contributed by atoms with Crippen LogP contribution in [0.5, 0.6) is 0 Å². The largest absolute Gasteiger partial charge is 0.503 e. The maximum atomic E-state index is 11.5. The highest BCUT2D eigenvalue weighted by Gasteiger charge is 2.17. The van der Waals surface area contributed by atoms with Gasteiger partial charge in [0.25, 0.3) is 0 Å². The number of carbonyl (C=O) groups excluding carboxylic acids is 2. The lowest BCUT2D eigenvalue weighted by molar-refractivity contribution is -0.137. The Balaban J connectivity index is 0. The molecule has 0 radical (unpaired) electrons. The van der Waals surface area contributed by atoms with E-state index in [1.165, 1.54) is 6.08 Å². The SMILES string of the molecule is CCOC(=O)/C=C/CC[C@H](C)NC(=O)OC(C)(C)C.O=C(O)O. The zero-order chi connectivity index (χ0) is 18.5. The van der Waals surface area contributed by atoms with Crippen LogP contribution in [0.4, 0.5) is 9.59 Å². The average molecular weight is 333 g/mol. The second-order valence-corrected chi connectivity index (χ2v) is 5.56. The highest BCUT2D eigenvalue weighted by Crippen LogP contribution is 2.07. The summed E-state index contributed by atoms with van der Waals surface area (Å²) in [7, 11) is 0. The molecule has 0 saturated carbocycles. The molecule has 3 N–H and O–H groups in total. The summed E-state index contributed by atoms with van der Waals surface area (Å²) in [6.45, 7) is 9.48. The number of esters is 1. The van der Waals surface area contributed by atoms with Crippen molar-refractivity contribution in [2.24, 2.45) is 0 Å². The molecule has 0 aliphatic heterocycles. The molecule has 0 unspecified atom stereocenters. The topological polar surface area (TPSA) is 122 Å². The molecular formula is C15H27NO7. The number of hydrogen-bond donors (Lipinski definition) is 3. The van der Waals surface area contributed by atoms with Crippen molar-refractivity contribution in [3.8, 4) is 0 Å². The number of ether oxygens (including phenoxy) is 2. The molecule has 8 nitrogen and oxygen atoms in total. The first-order valence-corrected chi connectivity index (χ1v) is 7.22. The fourth-order valence-corrected chi connectivity index (χ4v) is 1.30. The van der Waals surface area contributed by atoms with Crippen molar-refractivity contribution in [3.05, 3.63) is 12.2 Å². The zero-order valence-electron chi connectivity index (χ0n) is 14.3. The molecular weight excluding hydrogens is 306 g/mol. The van der Waals surface area contributed by atoms with E-state index in [9.17, 15) is 9.59 Å². The van der Waals surface area contributed by atoms with Gasteiger partial charge in [-0.05, 0) is 47.5 Å². The molecule has 0 fully saturated rings. The zero-order valence-corrected chi connectivity index (χ0v) is 14.3. The van der Waals surface area contributed by atoms with Gasteiger partial charge in [-0.2, -0.15) is 0 Å². The van der Waals surface area contributed by atoms with E-state index in [0.29, 0.717) is 13.0 Å². The van der Waals surface area contributed by atoms with Crippen molar-refractivity contribution < 1.29 is 34.1 Å². The molecule has 0 aromatic rings. The molecule has 8 heteroatoms. The van der Waals surface area contributed by atoms with Crippen LogP contribution in [0.2, 0.25) is 0 Å². The lowest BCUT2D eigenvalue weighted by Crippen LogP contribution is -2.37. The Morgan fingerprint density at radius 3 is 2.17 bits per heavy atom. The Morgan fingerprint density at radius 1 is 1.22 bits per heavy atom. The fourth-order valence-electron chi connectivity index (χ4n) is 1.30. The molecule has 0 aromatic carbocycles. The lowest BCUT2D eigenvalue weighted by Gasteiger charge is -2.21. The summed E-state index contributed by atoms with van der Waals surface area (Å²) in [4.78, 5) is 31.0. The van der Waals surface area contributed by atoms with Crippen molar-refractivity contribution in [2.45, 2.75) is 59.1 Å². The number of carboxylic acid groups (broad SMARTS) is 2. The minimum atomic E-state index is -1.83. The molecule has 0 bridgehead atoms. The van der Waals surface area contributed by atoms with Gasteiger partial charge in [-0.3, -0.25) is 0 Å². The van der Waals surface area contributed by atoms with Crippen LogP contribution >= 0.6 is 0 Å². The van der Waals surface area contributed by atoms with Crippen LogP contribution in [0.15, 0.2) is 12.2 Å². The fraction of sp³-hybridized carbons (Fsp3) is 0.667. The van der Waals surface area contributed by atoms with Crippen LogP contribution in [0, 0.1) is 0 Å². The third-order valence-corrected chi connectivity index (χ3v) is 2.07. The van der Waals surface area contributed by atoms with E-state index < -0.39 is 17.8 Å². The number of hydrogen-bond acceptors (Lipinski definition) is 5. The Bertz CT molecular complexity index is 395. The molecule has 1 amide bonds. The van der Waals surface area contributed by atoms with Gasteiger partial charge in [0.1, 0.15) is 5.60 Å². The number of carbonyl (C=O) groups is 3. The van der Waals surface area contributed by atoms with Crippen molar-refractivity contribution in [2.75, 3.05) is 6.61 Å². The van der Waals surface area contributed by atoms with E-state index in [0.717, 1.165) is 6.42 Å². The molecule has 1 atom stereocenters. The number of allylic oxidation sites excluding steroid dienone is 1. The van der Waals surface area contributed by atoms with Gasteiger partial charge in [0.05, 0.1) is 6.61 Å². The van der Waals surface area contributed by atoms with E-state index in [1.807, 2.05) is 27.7 Å². The summed E-state index contributed by atoms with van der Waals surface area (Å²) in [5, 5.41) is 16.7. The van der Waals surface area contributed by atoms with Gasteiger partial charge in [0, 0.05) is 12.1 Å². The normalized spacial score (nSPS) is 11.9. The predicted octanol–water partition coefficient (Wildman–Crippen LogP) is 3.02. The predicted molar refractivity (Wildman–Crippen MR) is 84.5 cm³/mol. The summed E-state index contributed by atoms with van der Waals surface area (Å²) >= 11 is 0. The minimum absolute atomic E-state index is 0.0123. The van der Waals surface area contributed by atoms with Crippen molar-refractivity contribution in [1.82, 2.24) is 5.32 Å². The van der Waals surface area contributed by atoms with Gasteiger partial charge >= 0.3 is 18.2 Å². The van der Waals surface area contributed by atoms with Crippen LogP contribution in [-0.2, 0) is 14.3 Å². The van der Waals surface area contributed by atoms with Gasteiger partial charge in [-0.25, -0.2) is 14.4 Å². The summed E-state index contributed by atoms with van der Waals surface area (Å²) in [6, 6.07) is -0.0123. The first-order valence-electron chi connectivity index (χ1n) is 7.22. The monoisotopic (exact) mass is 333 g/mol. The van der Waals surface area contributed by atoms with Crippen molar-refractivity contribution in [1.29, 1.82) is 0 Å². The van der Waals surface area contributed by atoms with Gasteiger partial charge in [0.15, 0.2) is 0 Å². The van der Waals surface area contributed by atoms with Crippen molar-refractivity contribution in [3.63, 3.8) is 0 Å². The van der Waals surface area contributed by atoms with Crippen LogP contribution in [0.25, 0.3) is 0 Å². The molecule has 0 aliphatic rings. The number of alkyl carbamates (subject to hydrolysis) is 1. The molecule has 134 valence electrons. The highest BCUT2D eigenvalue weighted by atomic mass is 16.6. The van der Waals surface area contributed by atoms with Gasteiger partial charge in [-0.15, -0.1) is 0 Å². The molecule has 0 heterocycles. The maximum Gasteiger partial charge on any atom is 0.503 e. The van der Waals surface area contributed by atoms with Crippen LogP contribution in [0.3, 0.4) is 0 Å². The molecule has 0 aliphatic carbocycles. The first-order chi connectivity index (χ1) is 10.5. The summed E-state index contributed by atoms with van der Waals surface area (Å²) in [5.41, 5.74) is -0.492. The standard InChI is InChI=1S/C14H25NO4.CH2O3/c1-6-18-12(16)10-8-7-9-11(2)15-13(17)19-14(3,4)5;2-1(3)4/h8,10-11H,6-7,9H2,1-5H3,(H,15,17);(H2,2,3,4)/b10-8+;/t11-;/m0./s1. The van der Waals surface area contributed by atoms with Crippen LogP contribution in [-0.4, -0.2) is 46.7 Å². The maximum absolute atomic E-state index is 11.5. The first kappa shape index (κ1) is 23.0. The summed E-state index contributed by atoms with van der Waals surface area (Å²) in [5.74, 6) is -0.338. The summed E-state index contributed by atoms with van der Waals surface area (Å²) in [6.07, 6.45) is 2.31. The highest BCUT2D eigenvalue weighted by molar-refractivity contribution is 5.81. The third kappa shape index (κ3) is 22.2. The Hall–Kier alpha value is -2.25. The van der Waals surface area contributed by atoms with Gasteiger partial charge < -0.3 is 25.0 Å². The lowest BCUT2D eigenvalue weighted by atomic mass is 10.2. The number of rotatable bonds is 6. The van der Waals surface area contributed by atoms with E-state index in [1.54, 1.807) is 13.0 Å². The van der Waals surface area contributed by atoms with E-state index in [2.05, 4.69) is 5.32 Å². The molecule has 23 heavy (non-hydrogen) atoms. The van der Waals surface area contributed by atoms with E-state index in [-0.39, 0.29) is 12.0 Å².